The molecular weight excluding hydrogens is 448 g/mol. The molecule has 0 bridgehead atoms. The minimum Gasteiger partial charge on any atom is -0.467 e. The molecule has 0 saturated carbocycles. The van der Waals surface area contributed by atoms with Crippen molar-refractivity contribution in [3.63, 3.8) is 0 Å². The van der Waals surface area contributed by atoms with Crippen molar-refractivity contribution in [3.8, 4) is 0 Å². The Morgan fingerprint density at radius 2 is 2.03 bits per heavy atom. The molecule has 1 unspecified atom stereocenters. The number of amides is 2. The van der Waals surface area contributed by atoms with Gasteiger partial charge in [0.2, 0.25) is 11.8 Å². The smallest absolute Gasteiger partial charge is 0.332 e. The quantitative estimate of drug-likeness (QED) is 0.455. The molecule has 33 heavy (non-hydrogen) atoms. The Labute approximate surface area is 193 Å². The van der Waals surface area contributed by atoms with Crippen LogP contribution in [-0.2, 0) is 34.0 Å². The molecule has 2 amide bonds. The van der Waals surface area contributed by atoms with Crippen LogP contribution in [0.1, 0.15) is 31.4 Å². The summed E-state index contributed by atoms with van der Waals surface area (Å²) in [7, 11) is 0. The molecule has 3 aromatic rings. The van der Waals surface area contributed by atoms with Crippen LogP contribution in [0.15, 0.2) is 43.8 Å². The van der Waals surface area contributed by atoms with Crippen molar-refractivity contribution >= 4 is 33.4 Å². The van der Waals surface area contributed by atoms with E-state index in [2.05, 4.69) is 10.6 Å². The first-order chi connectivity index (χ1) is 16.0. The molecule has 3 aromatic heterocycles. The molecule has 1 fully saturated rings. The van der Waals surface area contributed by atoms with E-state index in [1.807, 2.05) is 0 Å². The monoisotopic (exact) mass is 474 g/mol. The molecule has 4 rings (SSSR count). The third-order valence-corrected chi connectivity index (χ3v) is 6.41. The predicted molar refractivity (Wildman–Crippen MR) is 122 cm³/mol. The maximum absolute atomic E-state index is 13.1. The SMILES string of the molecule is O=C(CCCn1c(=O)c2sccc2n(CC(=O)NCC2CCCO2)c1=O)NCc1ccco1. The lowest BCUT2D eigenvalue weighted by Crippen LogP contribution is -2.43. The summed E-state index contributed by atoms with van der Waals surface area (Å²) in [5.41, 5.74) is -0.527. The second-order valence-electron chi connectivity index (χ2n) is 7.86. The van der Waals surface area contributed by atoms with E-state index in [4.69, 9.17) is 9.15 Å². The van der Waals surface area contributed by atoms with Gasteiger partial charge in [0, 0.05) is 26.1 Å². The molecule has 4 heterocycles. The average molecular weight is 475 g/mol. The molecule has 0 aromatic carbocycles. The van der Waals surface area contributed by atoms with Gasteiger partial charge in [-0.2, -0.15) is 0 Å². The highest BCUT2D eigenvalue weighted by Gasteiger charge is 2.19. The number of carbonyl (C=O) groups excluding carboxylic acids is 2. The second-order valence-corrected chi connectivity index (χ2v) is 8.78. The number of ether oxygens (including phenoxy) is 1. The van der Waals surface area contributed by atoms with Crippen molar-refractivity contribution in [3.05, 3.63) is 56.4 Å². The Balaban J connectivity index is 1.41. The van der Waals surface area contributed by atoms with E-state index in [1.165, 1.54) is 22.2 Å². The van der Waals surface area contributed by atoms with E-state index in [0.717, 1.165) is 17.4 Å². The largest absolute Gasteiger partial charge is 0.467 e. The van der Waals surface area contributed by atoms with Crippen molar-refractivity contribution in [1.29, 1.82) is 0 Å². The lowest BCUT2D eigenvalue weighted by atomic mass is 10.2. The van der Waals surface area contributed by atoms with E-state index in [9.17, 15) is 19.2 Å². The van der Waals surface area contributed by atoms with Crippen LogP contribution in [-0.4, -0.2) is 40.2 Å². The van der Waals surface area contributed by atoms with Crippen LogP contribution in [0, 0.1) is 0 Å². The fourth-order valence-corrected chi connectivity index (χ4v) is 4.64. The zero-order valence-corrected chi connectivity index (χ0v) is 18.9. The first kappa shape index (κ1) is 23.0. The number of hydrogen-bond donors (Lipinski definition) is 2. The summed E-state index contributed by atoms with van der Waals surface area (Å²) in [6, 6.07) is 5.17. The van der Waals surface area contributed by atoms with Crippen LogP contribution < -0.4 is 21.9 Å². The molecular formula is C22H26N4O6S. The number of nitrogens with one attached hydrogen (secondary N) is 2. The Bertz CT molecular complexity index is 1220. The third kappa shape index (κ3) is 5.60. The van der Waals surface area contributed by atoms with Crippen LogP contribution in [0.3, 0.4) is 0 Å². The highest BCUT2D eigenvalue weighted by molar-refractivity contribution is 7.17. The van der Waals surface area contributed by atoms with E-state index in [1.54, 1.807) is 23.6 Å². The van der Waals surface area contributed by atoms with Crippen LogP contribution in [0.5, 0.6) is 0 Å². The number of carbonyl (C=O) groups is 2. The number of nitrogens with zero attached hydrogens (tertiary/aromatic N) is 2. The highest BCUT2D eigenvalue weighted by atomic mass is 32.1. The molecule has 2 N–H and O–H groups in total. The summed E-state index contributed by atoms with van der Waals surface area (Å²) in [6.07, 6.45) is 3.86. The summed E-state index contributed by atoms with van der Waals surface area (Å²) >= 11 is 1.22. The molecule has 1 saturated heterocycles. The molecule has 0 spiro atoms. The Hall–Kier alpha value is -3.18. The highest BCUT2D eigenvalue weighted by Crippen LogP contribution is 2.15. The molecule has 1 atom stereocenters. The molecule has 0 radical (unpaired) electrons. The number of thiophene rings is 1. The summed E-state index contributed by atoms with van der Waals surface area (Å²) in [5, 5.41) is 7.26. The van der Waals surface area contributed by atoms with Gasteiger partial charge < -0.3 is 19.8 Å². The minimum absolute atomic E-state index is 0.000256. The van der Waals surface area contributed by atoms with Gasteiger partial charge in [-0.1, -0.05) is 0 Å². The van der Waals surface area contributed by atoms with Gasteiger partial charge in [-0.05, 0) is 42.8 Å². The van der Waals surface area contributed by atoms with E-state index < -0.39 is 11.2 Å². The second kappa shape index (κ2) is 10.6. The minimum atomic E-state index is -0.561. The van der Waals surface area contributed by atoms with E-state index >= 15 is 0 Å². The number of furan rings is 1. The molecule has 0 aliphatic carbocycles. The third-order valence-electron chi connectivity index (χ3n) is 5.51. The van der Waals surface area contributed by atoms with Gasteiger partial charge in [0.25, 0.3) is 5.56 Å². The normalized spacial score (nSPS) is 15.7. The van der Waals surface area contributed by atoms with Crippen molar-refractivity contribution in [2.45, 2.75) is 51.4 Å². The molecule has 176 valence electrons. The van der Waals surface area contributed by atoms with E-state index in [-0.39, 0.29) is 44.0 Å². The summed E-state index contributed by atoms with van der Waals surface area (Å²) in [5.74, 6) is 0.122. The van der Waals surface area contributed by atoms with Gasteiger partial charge in [-0.15, -0.1) is 11.3 Å². The van der Waals surface area contributed by atoms with Gasteiger partial charge in [0.15, 0.2) is 0 Å². The standard InChI is InChI=1S/C22H26N4O6S/c27-18(23-12-15-4-2-9-31-15)6-1-8-25-21(29)20-17(7-11-33-20)26(22(25)30)14-19(28)24-13-16-5-3-10-32-16/h2,4,7,9,11,16H,1,3,5-6,8,10,12-14H2,(H,23,27)(H,24,28). The van der Waals surface area contributed by atoms with Gasteiger partial charge in [-0.25, -0.2) is 4.79 Å². The maximum atomic E-state index is 13.1. The Morgan fingerprint density at radius 1 is 1.15 bits per heavy atom. The molecule has 1 aliphatic heterocycles. The number of aromatic nitrogens is 2. The van der Waals surface area contributed by atoms with Gasteiger partial charge >= 0.3 is 5.69 Å². The van der Waals surface area contributed by atoms with Crippen LogP contribution in [0.2, 0.25) is 0 Å². The Morgan fingerprint density at radius 3 is 2.79 bits per heavy atom. The van der Waals surface area contributed by atoms with Gasteiger partial charge in [-0.3, -0.25) is 23.5 Å². The van der Waals surface area contributed by atoms with E-state index in [0.29, 0.717) is 35.5 Å². The number of hydrogen-bond acceptors (Lipinski definition) is 7. The summed E-state index contributed by atoms with van der Waals surface area (Å²) < 4.78 is 13.5. The van der Waals surface area contributed by atoms with Crippen molar-refractivity contribution in [2.24, 2.45) is 0 Å². The lowest BCUT2D eigenvalue weighted by molar-refractivity contribution is -0.122. The zero-order valence-electron chi connectivity index (χ0n) is 18.1. The fraction of sp³-hybridized carbons (Fsp3) is 0.455. The topological polar surface area (TPSA) is 125 Å². The van der Waals surface area contributed by atoms with Crippen LogP contribution in [0.4, 0.5) is 0 Å². The average Bonchev–Trinajstić information content (AvgIpc) is 3.58. The fourth-order valence-electron chi connectivity index (χ4n) is 3.80. The van der Waals surface area contributed by atoms with Crippen molar-refractivity contribution < 1.29 is 18.7 Å². The van der Waals surface area contributed by atoms with Crippen LogP contribution >= 0.6 is 11.3 Å². The molecule has 1 aliphatic rings. The summed E-state index contributed by atoms with van der Waals surface area (Å²) in [4.78, 5) is 50.5. The first-order valence-electron chi connectivity index (χ1n) is 10.9. The van der Waals surface area contributed by atoms with Gasteiger partial charge in [0.05, 0.1) is 24.4 Å². The van der Waals surface area contributed by atoms with Crippen molar-refractivity contribution in [1.82, 2.24) is 19.8 Å². The Kier molecular flexibility index (Phi) is 7.40. The summed E-state index contributed by atoms with van der Waals surface area (Å²) in [6.45, 7) is 1.26. The molecule has 11 heteroatoms. The van der Waals surface area contributed by atoms with Crippen LogP contribution in [0.25, 0.3) is 10.2 Å². The number of rotatable bonds is 10. The first-order valence-corrected chi connectivity index (χ1v) is 11.8. The van der Waals surface area contributed by atoms with Crippen molar-refractivity contribution in [2.75, 3.05) is 13.2 Å². The maximum Gasteiger partial charge on any atom is 0.332 e. The lowest BCUT2D eigenvalue weighted by Gasteiger charge is -2.14. The molecule has 10 nitrogen and oxygen atoms in total. The van der Waals surface area contributed by atoms with Gasteiger partial charge in [0.1, 0.15) is 17.0 Å². The predicted octanol–water partition coefficient (Wildman–Crippen LogP) is 1.21. The zero-order chi connectivity index (χ0) is 23.2. The number of fused-ring (bicyclic) bond motifs is 1.